The second kappa shape index (κ2) is 6.07. The Kier molecular flexibility index (Phi) is 3.97. The van der Waals surface area contributed by atoms with Crippen LogP contribution in [0.5, 0.6) is 0 Å². The first kappa shape index (κ1) is 14.4. The molecule has 0 aliphatic rings. The Morgan fingerprint density at radius 2 is 1.77 bits per heavy atom. The van der Waals surface area contributed by atoms with E-state index < -0.39 is 5.56 Å². The number of hydrogen-bond donors (Lipinski definition) is 2. The maximum Gasteiger partial charge on any atom is 0.292 e. The average molecular weight is 361 g/mol. The van der Waals surface area contributed by atoms with Crippen molar-refractivity contribution in [1.82, 2.24) is 10.2 Å². The molecule has 22 heavy (non-hydrogen) atoms. The van der Waals surface area contributed by atoms with Crippen LogP contribution in [0.25, 0.3) is 11.3 Å². The largest absolute Gasteiger partial charge is 0.295 e. The highest BCUT2D eigenvalue weighted by atomic mass is 79.9. The van der Waals surface area contributed by atoms with Crippen LogP contribution in [-0.4, -0.2) is 10.2 Å². The first-order valence-corrected chi connectivity index (χ1v) is 7.17. The van der Waals surface area contributed by atoms with Gasteiger partial charge in [0.2, 0.25) is 0 Å². The van der Waals surface area contributed by atoms with Crippen molar-refractivity contribution in [2.24, 2.45) is 10.2 Å². The number of H-pyrrole nitrogens is 2. The summed E-state index contributed by atoms with van der Waals surface area (Å²) in [6.07, 6.45) is 0. The number of nitrogens with zero attached hydrogens (tertiary/aromatic N) is 2. The second-order valence-corrected chi connectivity index (χ2v) is 5.41. The molecule has 0 fully saturated rings. The van der Waals surface area contributed by atoms with Gasteiger partial charge in [-0.05, 0) is 42.5 Å². The smallest absolute Gasteiger partial charge is 0.292 e. The molecule has 7 heteroatoms. The van der Waals surface area contributed by atoms with Crippen LogP contribution in [0.4, 0.5) is 15.8 Å². The van der Waals surface area contributed by atoms with Crippen LogP contribution in [-0.2, 0) is 0 Å². The minimum Gasteiger partial charge on any atom is -0.295 e. The van der Waals surface area contributed by atoms with E-state index in [-0.39, 0.29) is 11.5 Å². The minimum atomic E-state index is -0.391. The maximum atomic E-state index is 13.0. The number of hydrogen-bond acceptors (Lipinski definition) is 3. The van der Waals surface area contributed by atoms with Gasteiger partial charge in [-0.15, -0.1) is 5.11 Å². The van der Waals surface area contributed by atoms with Crippen molar-refractivity contribution in [2.45, 2.75) is 0 Å². The molecule has 0 aliphatic carbocycles. The summed E-state index contributed by atoms with van der Waals surface area (Å²) in [5.74, 6) is -0.348. The van der Waals surface area contributed by atoms with E-state index in [4.69, 9.17) is 0 Å². The summed E-state index contributed by atoms with van der Waals surface area (Å²) >= 11 is 3.34. The molecule has 3 rings (SSSR count). The minimum absolute atomic E-state index is 0.145. The Labute approximate surface area is 133 Å². The highest BCUT2D eigenvalue weighted by Gasteiger charge is 2.11. The number of nitrogens with one attached hydrogen (secondary N) is 2. The number of halogens is 2. The van der Waals surface area contributed by atoms with Gasteiger partial charge in [-0.25, -0.2) is 4.39 Å². The fourth-order valence-electron chi connectivity index (χ4n) is 1.92. The summed E-state index contributed by atoms with van der Waals surface area (Å²) in [4.78, 5) is 11.8. The zero-order valence-corrected chi connectivity index (χ0v) is 12.8. The lowest BCUT2D eigenvalue weighted by Crippen LogP contribution is -1.96. The van der Waals surface area contributed by atoms with E-state index in [1.807, 2.05) is 12.1 Å². The maximum absolute atomic E-state index is 13.0. The quantitative estimate of drug-likeness (QED) is 0.653. The van der Waals surface area contributed by atoms with E-state index in [0.717, 1.165) is 4.47 Å². The van der Waals surface area contributed by atoms with Gasteiger partial charge in [0.1, 0.15) is 5.82 Å². The number of rotatable bonds is 3. The molecule has 3 aromatic rings. The molecule has 5 nitrogen and oxygen atoms in total. The molecular formula is C15H10BrFN4O. The highest BCUT2D eigenvalue weighted by Crippen LogP contribution is 2.27. The fraction of sp³-hybridized carbons (Fsp3) is 0. The van der Waals surface area contributed by atoms with E-state index in [1.54, 1.807) is 24.3 Å². The normalized spacial score (nSPS) is 11.2. The highest BCUT2D eigenvalue weighted by molar-refractivity contribution is 9.10. The van der Waals surface area contributed by atoms with Crippen LogP contribution in [0.1, 0.15) is 0 Å². The Bertz CT molecular complexity index is 883. The molecule has 0 spiro atoms. The molecule has 1 heterocycles. The molecule has 1 aromatic heterocycles. The van der Waals surface area contributed by atoms with Gasteiger partial charge in [0.25, 0.3) is 5.56 Å². The molecule has 0 amide bonds. The molecule has 0 bridgehead atoms. The van der Waals surface area contributed by atoms with Gasteiger partial charge in [-0.2, -0.15) is 5.11 Å². The van der Waals surface area contributed by atoms with Crippen LogP contribution in [0.3, 0.4) is 0 Å². The fourth-order valence-corrected chi connectivity index (χ4v) is 2.31. The number of benzene rings is 2. The van der Waals surface area contributed by atoms with E-state index in [9.17, 15) is 9.18 Å². The van der Waals surface area contributed by atoms with Gasteiger partial charge in [0.15, 0.2) is 5.69 Å². The van der Waals surface area contributed by atoms with Gasteiger partial charge < -0.3 is 0 Å². The SMILES string of the molecule is O=c1[nH][nH]c(-c2ccc(F)cc2)c1N=Nc1cccc(Br)c1. The van der Waals surface area contributed by atoms with Crippen molar-refractivity contribution in [3.63, 3.8) is 0 Å². The molecular weight excluding hydrogens is 351 g/mol. The predicted molar refractivity (Wildman–Crippen MR) is 85.1 cm³/mol. The van der Waals surface area contributed by atoms with Crippen molar-refractivity contribution in [3.8, 4) is 11.3 Å². The van der Waals surface area contributed by atoms with Crippen LogP contribution in [0.2, 0.25) is 0 Å². The van der Waals surface area contributed by atoms with Gasteiger partial charge in [-0.1, -0.05) is 22.0 Å². The van der Waals surface area contributed by atoms with Gasteiger partial charge >= 0.3 is 0 Å². The number of azo groups is 1. The third kappa shape index (κ3) is 3.04. The van der Waals surface area contributed by atoms with Crippen molar-refractivity contribution >= 4 is 27.3 Å². The second-order valence-electron chi connectivity index (χ2n) is 4.49. The van der Waals surface area contributed by atoms with Crippen LogP contribution < -0.4 is 5.56 Å². The topological polar surface area (TPSA) is 73.4 Å². The average Bonchev–Trinajstić information content (AvgIpc) is 2.87. The molecule has 0 unspecified atom stereocenters. The lowest BCUT2D eigenvalue weighted by atomic mass is 10.1. The van der Waals surface area contributed by atoms with Gasteiger partial charge in [-0.3, -0.25) is 15.0 Å². The third-order valence-electron chi connectivity index (χ3n) is 2.96. The Morgan fingerprint density at radius 1 is 1.00 bits per heavy atom. The molecule has 0 saturated heterocycles. The zero-order chi connectivity index (χ0) is 15.5. The summed E-state index contributed by atoms with van der Waals surface area (Å²) in [7, 11) is 0. The van der Waals surface area contributed by atoms with E-state index in [1.165, 1.54) is 12.1 Å². The van der Waals surface area contributed by atoms with Crippen LogP contribution in [0, 0.1) is 5.82 Å². The summed E-state index contributed by atoms with van der Waals surface area (Å²) in [6, 6.07) is 13.0. The molecule has 2 aromatic carbocycles. The van der Waals surface area contributed by atoms with Crippen molar-refractivity contribution < 1.29 is 4.39 Å². The van der Waals surface area contributed by atoms with Gasteiger partial charge in [0, 0.05) is 10.0 Å². The van der Waals surface area contributed by atoms with Crippen LogP contribution >= 0.6 is 15.9 Å². The van der Waals surface area contributed by atoms with Crippen molar-refractivity contribution in [1.29, 1.82) is 0 Å². The van der Waals surface area contributed by atoms with E-state index >= 15 is 0 Å². The molecule has 0 radical (unpaired) electrons. The van der Waals surface area contributed by atoms with E-state index in [0.29, 0.717) is 16.9 Å². The van der Waals surface area contributed by atoms with Crippen molar-refractivity contribution in [3.05, 3.63) is 69.2 Å². The zero-order valence-electron chi connectivity index (χ0n) is 11.2. The third-order valence-corrected chi connectivity index (χ3v) is 3.45. The summed E-state index contributed by atoms with van der Waals surface area (Å²) in [5, 5.41) is 13.3. The summed E-state index contributed by atoms with van der Waals surface area (Å²) in [6.45, 7) is 0. The number of aromatic amines is 2. The lowest BCUT2D eigenvalue weighted by molar-refractivity contribution is 0.628. The summed E-state index contributed by atoms with van der Waals surface area (Å²) in [5.41, 5.74) is 1.47. The first-order chi connectivity index (χ1) is 10.6. The Balaban J connectivity index is 1.99. The molecule has 2 N–H and O–H groups in total. The standard InChI is InChI=1S/C15H10BrFN4O/c16-10-2-1-3-12(8-10)18-20-14-13(19-21-15(14)22)9-4-6-11(17)7-5-9/h1-8H,(H2,19,21,22). The van der Waals surface area contributed by atoms with Crippen molar-refractivity contribution in [2.75, 3.05) is 0 Å². The Hall–Kier alpha value is -2.54. The molecule has 0 aliphatic heterocycles. The Morgan fingerprint density at radius 3 is 2.50 bits per heavy atom. The lowest BCUT2D eigenvalue weighted by Gasteiger charge is -1.98. The monoisotopic (exact) mass is 360 g/mol. The molecule has 0 atom stereocenters. The molecule has 110 valence electrons. The van der Waals surface area contributed by atoms with Gasteiger partial charge in [0.05, 0.1) is 11.4 Å². The molecule has 0 saturated carbocycles. The summed E-state index contributed by atoms with van der Waals surface area (Å²) < 4.78 is 13.9. The van der Waals surface area contributed by atoms with Crippen LogP contribution in [0.15, 0.2) is 68.0 Å². The predicted octanol–water partition coefficient (Wildman–Crippen LogP) is 4.69. The number of aromatic nitrogens is 2. The van der Waals surface area contributed by atoms with E-state index in [2.05, 4.69) is 36.4 Å². The first-order valence-electron chi connectivity index (χ1n) is 6.37.